The van der Waals surface area contributed by atoms with Gasteiger partial charge in [0, 0.05) is 0 Å². The summed E-state index contributed by atoms with van der Waals surface area (Å²) in [5, 5.41) is 0. The SMILES string of the molecule is CC/C=C(/F)C(F)CC. The van der Waals surface area contributed by atoms with Gasteiger partial charge in [-0.15, -0.1) is 0 Å². The smallest absolute Gasteiger partial charge is 0.151 e. The zero-order chi connectivity index (χ0) is 7.28. The quantitative estimate of drug-likeness (QED) is 0.556. The fraction of sp³-hybridized carbons (Fsp3) is 0.714. The van der Waals surface area contributed by atoms with Crippen LogP contribution < -0.4 is 0 Å². The molecule has 0 aliphatic heterocycles. The van der Waals surface area contributed by atoms with Crippen molar-refractivity contribution in [3.05, 3.63) is 11.9 Å². The number of hydrogen-bond donors (Lipinski definition) is 0. The molecule has 2 heteroatoms. The van der Waals surface area contributed by atoms with E-state index in [1.165, 1.54) is 6.08 Å². The second-order valence-corrected chi connectivity index (χ2v) is 1.87. The minimum atomic E-state index is -1.38. The highest BCUT2D eigenvalue weighted by molar-refractivity contribution is 4.97. The van der Waals surface area contributed by atoms with Crippen molar-refractivity contribution in [3.8, 4) is 0 Å². The minimum absolute atomic E-state index is 0.225. The van der Waals surface area contributed by atoms with Gasteiger partial charge in [-0.3, -0.25) is 0 Å². The van der Waals surface area contributed by atoms with Crippen LogP contribution in [-0.4, -0.2) is 6.17 Å². The first-order chi connectivity index (χ1) is 4.22. The van der Waals surface area contributed by atoms with Gasteiger partial charge in [0.05, 0.1) is 0 Å². The lowest BCUT2D eigenvalue weighted by atomic mass is 10.2. The van der Waals surface area contributed by atoms with Crippen molar-refractivity contribution < 1.29 is 8.78 Å². The van der Waals surface area contributed by atoms with E-state index in [9.17, 15) is 8.78 Å². The lowest BCUT2D eigenvalue weighted by Gasteiger charge is -1.98. The molecule has 0 nitrogen and oxygen atoms in total. The van der Waals surface area contributed by atoms with Gasteiger partial charge < -0.3 is 0 Å². The third-order valence-electron chi connectivity index (χ3n) is 1.06. The first-order valence-electron chi connectivity index (χ1n) is 3.22. The molecule has 0 aliphatic rings. The van der Waals surface area contributed by atoms with Crippen molar-refractivity contribution in [1.82, 2.24) is 0 Å². The summed E-state index contributed by atoms with van der Waals surface area (Å²) in [6.07, 6.45) is 0.674. The maximum absolute atomic E-state index is 12.3. The van der Waals surface area contributed by atoms with Gasteiger partial charge in [-0.1, -0.05) is 19.9 Å². The molecule has 54 valence electrons. The molecule has 0 saturated heterocycles. The topological polar surface area (TPSA) is 0 Å². The number of alkyl halides is 1. The Balaban J connectivity index is 3.70. The van der Waals surface area contributed by atoms with Crippen LogP contribution in [0.4, 0.5) is 8.78 Å². The van der Waals surface area contributed by atoms with E-state index < -0.39 is 12.0 Å². The Morgan fingerprint density at radius 1 is 1.56 bits per heavy atom. The molecule has 0 spiro atoms. The van der Waals surface area contributed by atoms with Gasteiger partial charge >= 0.3 is 0 Å². The van der Waals surface area contributed by atoms with Crippen molar-refractivity contribution in [2.75, 3.05) is 0 Å². The zero-order valence-electron chi connectivity index (χ0n) is 5.82. The van der Waals surface area contributed by atoms with Crippen molar-refractivity contribution in [3.63, 3.8) is 0 Å². The van der Waals surface area contributed by atoms with E-state index in [0.29, 0.717) is 6.42 Å². The van der Waals surface area contributed by atoms with E-state index >= 15 is 0 Å². The van der Waals surface area contributed by atoms with Gasteiger partial charge in [-0.2, -0.15) is 0 Å². The molecule has 0 rings (SSSR count). The molecule has 1 unspecified atom stereocenters. The summed E-state index contributed by atoms with van der Waals surface area (Å²) < 4.78 is 24.6. The van der Waals surface area contributed by atoms with E-state index in [2.05, 4.69) is 0 Å². The Labute approximate surface area is 54.6 Å². The van der Waals surface area contributed by atoms with E-state index in [0.717, 1.165) is 0 Å². The Morgan fingerprint density at radius 3 is 2.44 bits per heavy atom. The molecule has 0 N–H and O–H groups in total. The summed E-state index contributed by atoms with van der Waals surface area (Å²) >= 11 is 0. The molecule has 0 aliphatic carbocycles. The Morgan fingerprint density at radius 2 is 2.11 bits per heavy atom. The van der Waals surface area contributed by atoms with E-state index in [1.807, 2.05) is 0 Å². The van der Waals surface area contributed by atoms with Crippen molar-refractivity contribution in [2.45, 2.75) is 32.9 Å². The Kier molecular flexibility index (Phi) is 4.28. The van der Waals surface area contributed by atoms with Crippen molar-refractivity contribution in [1.29, 1.82) is 0 Å². The van der Waals surface area contributed by atoms with Crippen LogP contribution in [0.2, 0.25) is 0 Å². The van der Waals surface area contributed by atoms with E-state index in [4.69, 9.17) is 0 Å². The van der Waals surface area contributed by atoms with E-state index in [-0.39, 0.29) is 6.42 Å². The largest absolute Gasteiger partial charge is 0.240 e. The summed E-state index contributed by atoms with van der Waals surface area (Å²) in [5.41, 5.74) is 0. The summed E-state index contributed by atoms with van der Waals surface area (Å²) in [6.45, 7) is 3.40. The van der Waals surface area contributed by atoms with Gasteiger partial charge in [0.25, 0.3) is 0 Å². The highest BCUT2D eigenvalue weighted by Crippen LogP contribution is 2.11. The number of hydrogen-bond acceptors (Lipinski definition) is 0. The average molecular weight is 134 g/mol. The molecule has 0 aromatic rings. The molecule has 0 saturated carbocycles. The van der Waals surface area contributed by atoms with Crippen LogP contribution in [0.15, 0.2) is 11.9 Å². The third kappa shape index (κ3) is 3.22. The predicted octanol–water partition coefficient (Wildman–Crippen LogP) is 3.00. The molecular formula is C7H12F2. The summed E-state index contributed by atoms with van der Waals surface area (Å²) in [4.78, 5) is 0. The molecule has 0 radical (unpaired) electrons. The van der Waals surface area contributed by atoms with Crippen LogP contribution >= 0.6 is 0 Å². The zero-order valence-corrected chi connectivity index (χ0v) is 5.82. The van der Waals surface area contributed by atoms with Crippen LogP contribution in [0.3, 0.4) is 0 Å². The summed E-state index contributed by atoms with van der Waals surface area (Å²) in [5.74, 6) is -0.625. The summed E-state index contributed by atoms with van der Waals surface area (Å²) in [7, 11) is 0. The highest BCUT2D eigenvalue weighted by atomic mass is 19.2. The lowest BCUT2D eigenvalue weighted by molar-refractivity contribution is 0.317. The molecule has 0 bridgehead atoms. The fourth-order valence-electron chi connectivity index (χ4n) is 0.518. The third-order valence-corrected chi connectivity index (χ3v) is 1.06. The van der Waals surface area contributed by atoms with Crippen LogP contribution in [0.25, 0.3) is 0 Å². The molecule has 0 fully saturated rings. The van der Waals surface area contributed by atoms with Gasteiger partial charge in [0.15, 0.2) is 6.17 Å². The van der Waals surface area contributed by atoms with Crippen molar-refractivity contribution in [2.24, 2.45) is 0 Å². The van der Waals surface area contributed by atoms with Crippen LogP contribution in [0.1, 0.15) is 26.7 Å². The van der Waals surface area contributed by atoms with Gasteiger partial charge in [0.1, 0.15) is 5.83 Å². The maximum atomic E-state index is 12.3. The van der Waals surface area contributed by atoms with Crippen molar-refractivity contribution >= 4 is 0 Å². The molecule has 9 heavy (non-hydrogen) atoms. The van der Waals surface area contributed by atoms with Gasteiger partial charge in [0.2, 0.25) is 0 Å². The monoisotopic (exact) mass is 134 g/mol. The fourth-order valence-corrected chi connectivity index (χ4v) is 0.518. The van der Waals surface area contributed by atoms with Crippen LogP contribution in [0.5, 0.6) is 0 Å². The number of allylic oxidation sites excluding steroid dienone is 2. The summed E-state index contributed by atoms with van der Waals surface area (Å²) in [6, 6.07) is 0. The normalized spacial score (nSPS) is 15.8. The minimum Gasteiger partial charge on any atom is -0.240 e. The first kappa shape index (κ1) is 8.60. The molecule has 0 aromatic heterocycles. The molecule has 0 heterocycles. The Bertz CT molecular complexity index is 97.1. The second-order valence-electron chi connectivity index (χ2n) is 1.87. The van der Waals surface area contributed by atoms with Crippen LogP contribution in [-0.2, 0) is 0 Å². The second kappa shape index (κ2) is 4.48. The molecule has 0 aromatic carbocycles. The molecular weight excluding hydrogens is 122 g/mol. The molecule has 0 amide bonds. The predicted molar refractivity (Wildman–Crippen MR) is 34.7 cm³/mol. The lowest BCUT2D eigenvalue weighted by Crippen LogP contribution is -1.96. The van der Waals surface area contributed by atoms with Crippen LogP contribution in [0, 0.1) is 0 Å². The van der Waals surface area contributed by atoms with E-state index in [1.54, 1.807) is 13.8 Å². The number of halogens is 2. The average Bonchev–Trinajstić information content (AvgIpc) is 1.87. The van der Waals surface area contributed by atoms with Gasteiger partial charge in [-0.05, 0) is 12.8 Å². The Hall–Kier alpha value is -0.400. The maximum Gasteiger partial charge on any atom is 0.151 e. The number of rotatable bonds is 3. The first-order valence-corrected chi connectivity index (χ1v) is 3.22. The standard InChI is InChI=1S/C7H12F2/c1-3-5-7(9)6(8)4-2/h5-6H,3-4H2,1-2H3/b7-5+. The highest BCUT2D eigenvalue weighted by Gasteiger charge is 2.07. The molecule has 1 atom stereocenters. The van der Waals surface area contributed by atoms with Gasteiger partial charge in [-0.25, -0.2) is 8.78 Å².